The zero-order chi connectivity index (χ0) is 19.9. The van der Waals surface area contributed by atoms with Crippen LogP contribution in [0.1, 0.15) is 44.1 Å². The number of nitrogens with one attached hydrogen (secondary N) is 1. The van der Waals surface area contributed by atoms with Crippen LogP contribution in [0.4, 0.5) is 0 Å². The van der Waals surface area contributed by atoms with E-state index in [0.29, 0.717) is 12.4 Å². The Morgan fingerprint density at radius 2 is 1.85 bits per heavy atom. The fourth-order valence-corrected chi connectivity index (χ4v) is 4.04. The Balaban J connectivity index is 1.85. The predicted molar refractivity (Wildman–Crippen MR) is 101 cm³/mol. The monoisotopic (exact) mass is 400 g/mol. The molecule has 0 saturated carbocycles. The summed E-state index contributed by atoms with van der Waals surface area (Å²) >= 11 is 0. The zero-order valence-corrected chi connectivity index (χ0v) is 16.1. The molecule has 0 spiro atoms. The van der Waals surface area contributed by atoms with E-state index < -0.39 is 27.4 Å². The van der Waals surface area contributed by atoms with Gasteiger partial charge in [-0.3, -0.25) is 9.35 Å². The number of carboxylic acid groups (broad SMARTS) is 1. The van der Waals surface area contributed by atoms with Crippen molar-refractivity contribution in [1.29, 1.82) is 0 Å². The van der Waals surface area contributed by atoms with E-state index in [1.807, 2.05) is 0 Å². The molecule has 0 bridgehead atoms. The Kier molecular flexibility index (Phi) is 7.60. The molecule has 1 aromatic rings. The van der Waals surface area contributed by atoms with Crippen LogP contribution in [0.2, 0.25) is 0 Å². The van der Waals surface area contributed by atoms with Crippen LogP contribution in [-0.2, 0) is 19.8 Å². The molecular weight excluding hydrogens is 372 g/mol. The summed E-state index contributed by atoms with van der Waals surface area (Å²) in [7, 11) is -4.81. The molecule has 0 aromatic heterocycles. The van der Waals surface area contributed by atoms with E-state index in [4.69, 9.17) is 15.6 Å². The van der Waals surface area contributed by atoms with Crippen molar-refractivity contribution >= 4 is 16.1 Å². The van der Waals surface area contributed by atoms with Crippen molar-refractivity contribution in [2.24, 2.45) is 11.7 Å². The maximum atomic E-state index is 11.6. The van der Waals surface area contributed by atoms with Crippen molar-refractivity contribution in [2.45, 2.75) is 43.4 Å². The van der Waals surface area contributed by atoms with E-state index in [0.717, 1.165) is 31.8 Å². The lowest BCUT2D eigenvalue weighted by Crippen LogP contribution is -2.46. The Hall–Kier alpha value is -1.68. The smallest absolute Gasteiger partial charge is 0.306 e. The molecule has 27 heavy (non-hydrogen) atoms. The topological polar surface area (TPSA) is 139 Å². The molecule has 9 heteroatoms. The van der Waals surface area contributed by atoms with Crippen LogP contribution < -0.4 is 15.8 Å². The Bertz CT molecular complexity index is 716. The molecule has 0 radical (unpaired) electrons. The van der Waals surface area contributed by atoms with Crippen molar-refractivity contribution < 1.29 is 27.6 Å². The van der Waals surface area contributed by atoms with Gasteiger partial charge in [-0.15, -0.1) is 0 Å². The second-order valence-corrected chi connectivity index (χ2v) is 8.68. The first-order valence-electron chi connectivity index (χ1n) is 9.14. The summed E-state index contributed by atoms with van der Waals surface area (Å²) in [5, 5.41) is 12.3. The summed E-state index contributed by atoms with van der Waals surface area (Å²) in [6.45, 7) is 2.74. The van der Waals surface area contributed by atoms with Gasteiger partial charge < -0.3 is 20.9 Å². The Morgan fingerprint density at radius 1 is 1.22 bits per heavy atom. The fraction of sp³-hybridized carbons (Fsp3) is 0.611. The number of unbranched alkanes of at least 4 members (excludes halogenated alkanes) is 1. The molecule has 1 fully saturated rings. The molecule has 0 aliphatic carbocycles. The van der Waals surface area contributed by atoms with Crippen molar-refractivity contribution in [1.82, 2.24) is 5.32 Å². The first kappa shape index (κ1) is 21.6. The minimum absolute atomic E-state index is 0.00865. The van der Waals surface area contributed by atoms with Gasteiger partial charge in [0.05, 0.1) is 13.0 Å². The standard InChI is InChI=1S/C18H28N2O6S/c19-18(13-17(21)22,27(23,24)25)15-4-6-16(7-5-15)26-12-2-1-3-14-8-10-20-11-9-14/h4-7,14,20H,1-3,8-13,19H2,(H,21,22)(H,23,24,25). The average Bonchev–Trinajstić information content (AvgIpc) is 2.61. The summed E-state index contributed by atoms with van der Waals surface area (Å²) in [6.07, 6.45) is 4.74. The third-order valence-corrected chi connectivity index (χ3v) is 6.25. The van der Waals surface area contributed by atoms with E-state index >= 15 is 0 Å². The van der Waals surface area contributed by atoms with E-state index in [1.165, 1.54) is 43.5 Å². The highest BCUT2D eigenvalue weighted by molar-refractivity contribution is 7.86. The third kappa shape index (κ3) is 6.17. The molecule has 0 amide bonds. The van der Waals surface area contributed by atoms with Crippen molar-refractivity contribution in [2.75, 3.05) is 19.7 Å². The van der Waals surface area contributed by atoms with Crippen LogP contribution >= 0.6 is 0 Å². The molecule has 8 nitrogen and oxygen atoms in total. The van der Waals surface area contributed by atoms with E-state index in [2.05, 4.69) is 5.32 Å². The highest BCUT2D eigenvalue weighted by atomic mass is 32.2. The van der Waals surface area contributed by atoms with E-state index in [-0.39, 0.29) is 5.56 Å². The number of carbonyl (C=O) groups is 1. The molecule has 1 aliphatic heterocycles. The second kappa shape index (κ2) is 9.50. The molecule has 1 saturated heterocycles. The second-order valence-electron chi connectivity index (χ2n) is 7.00. The van der Waals surface area contributed by atoms with Gasteiger partial charge in [0.15, 0.2) is 4.87 Å². The van der Waals surface area contributed by atoms with E-state index in [1.54, 1.807) is 0 Å². The minimum Gasteiger partial charge on any atom is -0.494 e. The van der Waals surface area contributed by atoms with Crippen LogP contribution in [0.15, 0.2) is 24.3 Å². The highest BCUT2D eigenvalue weighted by Crippen LogP contribution is 2.29. The normalized spacial score (nSPS) is 18.0. The van der Waals surface area contributed by atoms with Crippen molar-refractivity contribution in [3.8, 4) is 5.75 Å². The van der Waals surface area contributed by atoms with Gasteiger partial charge in [0.1, 0.15) is 5.75 Å². The number of aliphatic carboxylic acids is 1. The average molecular weight is 400 g/mol. The van der Waals surface area contributed by atoms with Gasteiger partial charge in [0, 0.05) is 0 Å². The first-order valence-corrected chi connectivity index (χ1v) is 10.6. The Morgan fingerprint density at radius 3 is 2.41 bits per heavy atom. The number of hydrogen-bond donors (Lipinski definition) is 4. The molecule has 1 aromatic carbocycles. The number of rotatable bonds is 10. The van der Waals surface area contributed by atoms with Crippen LogP contribution in [0.5, 0.6) is 5.75 Å². The van der Waals surface area contributed by atoms with Gasteiger partial charge in [0.2, 0.25) is 0 Å². The summed E-state index contributed by atoms with van der Waals surface area (Å²) < 4.78 is 38.2. The minimum atomic E-state index is -4.81. The molecule has 1 aliphatic rings. The van der Waals surface area contributed by atoms with Crippen LogP contribution in [0.25, 0.3) is 0 Å². The summed E-state index contributed by atoms with van der Waals surface area (Å²) in [5.74, 6) is -0.101. The molecule has 152 valence electrons. The van der Waals surface area contributed by atoms with Gasteiger partial charge >= 0.3 is 5.97 Å². The van der Waals surface area contributed by atoms with Crippen LogP contribution in [-0.4, -0.2) is 43.7 Å². The number of piperidine rings is 1. The van der Waals surface area contributed by atoms with Crippen LogP contribution in [0.3, 0.4) is 0 Å². The number of benzene rings is 1. The molecule has 1 unspecified atom stereocenters. The number of hydrogen-bond acceptors (Lipinski definition) is 6. The lowest BCUT2D eigenvalue weighted by molar-refractivity contribution is -0.137. The lowest BCUT2D eigenvalue weighted by atomic mass is 9.93. The van der Waals surface area contributed by atoms with E-state index in [9.17, 15) is 17.8 Å². The summed E-state index contributed by atoms with van der Waals surface area (Å²) in [6, 6.07) is 5.77. The lowest BCUT2D eigenvalue weighted by Gasteiger charge is -2.25. The zero-order valence-electron chi connectivity index (χ0n) is 15.3. The van der Waals surface area contributed by atoms with Crippen molar-refractivity contribution in [3.05, 3.63) is 29.8 Å². The predicted octanol–water partition coefficient (Wildman–Crippen LogP) is 1.71. The molecule has 5 N–H and O–H groups in total. The summed E-state index contributed by atoms with van der Waals surface area (Å²) in [5.41, 5.74) is 5.69. The first-order chi connectivity index (χ1) is 12.7. The number of carboxylic acids is 1. The maximum absolute atomic E-state index is 11.6. The molecule has 1 atom stereocenters. The molecular formula is C18H28N2O6S. The van der Waals surface area contributed by atoms with Gasteiger partial charge in [-0.05, 0) is 62.4 Å². The van der Waals surface area contributed by atoms with Gasteiger partial charge in [-0.1, -0.05) is 18.6 Å². The third-order valence-electron chi connectivity index (χ3n) is 4.95. The van der Waals surface area contributed by atoms with Crippen molar-refractivity contribution in [3.63, 3.8) is 0 Å². The largest absolute Gasteiger partial charge is 0.494 e. The van der Waals surface area contributed by atoms with Gasteiger partial charge in [-0.25, -0.2) is 0 Å². The maximum Gasteiger partial charge on any atom is 0.306 e. The Labute approximate surface area is 159 Å². The fourth-order valence-electron chi connectivity index (χ4n) is 3.30. The van der Waals surface area contributed by atoms with Crippen LogP contribution in [0, 0.1) is 5.92 Å². The van der Waals surface area contributed by atoms with Gasteiger partial charge in [-0.2, -0.15) is 8.42 Å². The number of nitrogens with two attached hydrogens (primary N) is 1. The highest BCUT2D eigenvalue weighted by Gasteiger charge is 2.43. The molecule has 2 rings (SSSR count). The number of ether oxygens (including phenoxy) is 1. The van der Waals surface area contributed by atoms with Gasteiger partial charge in [0.25, 0.3) is 10.1 Å². The summed E-state index contributed by atoms with van der Waals surface area (Å²) in [4.78, 5) is 8.54. The SMILES string of the molecule is NC(CC(=O)O)(c1ccc(OCCCCC2CCNCC2)cc1)S(=O)(=O)O. The quantitative estimate of drug-likeness (QED) is 0.344. The molecule has 1 heterocycles.